The van der Waals surface area contributed by atoms with E-state index < -0.39 is 53.2 Å². The SMILES string of the molecule is Cn1nnnc1SCC1=C(C(=O)O)N2C(=O)C(NC(=O)C(NC(=O)COc3coc(CCl)cc3=O)c3ccccc3)[C@@H]2SC1. The van der Waals surface area contributed by atoms with E-state index >= 15 is 0 Å². The third kappa shape index (κ3) is 6.58. The minimum absolute atomic E-state index is 0.0135. The number of tetrazole rings is 1. The van der Waals surface area contributed by atoms with Gasteiger partial charge in [-0.25, -0.2) is 9.48 Å². The van der Waals surface area contributed by atoms with Crippen molar-refractivity contribution in [3.05, 3.63) is 75.5 Å². The first-order valence-electron chi connectivity index (χ1n) is 12.9. The Morgan fingerprint density at radius 3 is 2.70 bits per heavy atom. The first kappa shape index (κ1) is 31.1. The van der Waals surface area contributed by atoms with Crippen LogP contribution in [-0.2, 0) is 32.1 Å². The van der Waals surface area contributed by atoms with Gasteiger partial charge in [0.1, 0.15) is 35.2 Å². The van der Waals surface area contributed by atoms with E-state index in [1.165, 1.54) is 28.2 Å². The van der Waals surface area contributed by atoms with E-state index in [-0.39, 0.29) is 28.8 Å². The van der Waals surface area contributed by atoms with Gasteiger partial charge in [0.15, 0.2) is 6.61 Å². The minimum Gasteiger partial charge on any atom is -0.477 e. The van der Waals surface area contributed by atoms with E-state index in [4.69, 9.17) is 20.8 Å². The van der Waals surface area contributed by atoms with Gasteiger partial charge in [-0.05, 0) is 21.6 Å². The summed E-state index contributed by atoms with van der Waals surface area (Å²) in [7, 11) is 1.66. The van der Waals surface area contributed by atoms with Crippen molar-refractivity contribution in [2.75, 3.05) is 18.1 Å². The van der Waals surface area contributed by atoms with Crippen LogP contribution < -0.4 is 20.8 Å². The van der Waals surface area contributed by atoms with Gasteiger partial charge in [0.25, 0.3) is 11.8 Å². The summed E-state index contributed by atoms with van der Waals surface area (Å²) in [5.41, 5.74) is 0.274. The second kappa shape index (κ2) is 13.5. The van der Waals surface area contributed by atoms with E-state index in [0.717, 1.165) is 17.2 Å². The number of carbonyl (C=O) groups is 4. The Balaban J connectivity index is 1.26. The Morgan fingerprint density at radius 2 is 2.05 bits per heavy atom. The zero-order valence-electron chi connectivity index (χ0n) is 22.8. The number of alkyl halides is 1. The maximum absolute atomic E-state index is 13.5. The molecule has 1 fully saturated rings. The molecule has 1 saturated heterocycles. The van der Waals surface area contributed by atoms with Crippen LogP contribution in [-0.4, -0.2) is 83.4 Å². The number of carboxylic acids is 1. The predicted octanol–water partition coefficient (Wildman–Crippen LogP) is 0.669. The average molecular weight is 662 g/mol. The van der Waals surface area contributed by atoms with Gasteiger partial charge in [-0.1, -0.05) is 42.1 Å². The molecule has 2 aliphatic heterocycles. The third-order valence-electron chi connectivity index (χ3n) is 6.55. The Kier molecular flexibility index (Phi) is 9.55. The molecule has 0 spiro atoms. The highest BCUT2D eigenvalue weighted by Crippen LogP contribution is 2.41. The molecular weight excluding hydrogens is 638 g/mol. The molecule has 3 N–H and O–H groups in total. The Labute approximate surface area is 262 Å². The van der Waals surface area contributed by atoms with Crippen LogP contribution >= 0.6 is 35.1 Å². The smallest absolute Gasteiger partial charge is 0.352 e. The van der Waals surface area contributed by atoms with Crippen LogP contribution in [0, 0.1) is 0 Å². The molecule has 0 saturated carbocycles. The van der Waals surface area contributed by atoms with E-state index in [2.05, 4.69) is 26.2 Å². The maximum Gasteiger partial charge on any atom is 0.352 e. The molecule has 230 valence electrons. The van der Waals surface area contributed by atoms with E-state index in [1.807, 2.05) is 0 Å². The number of aryl methyl sites for hydroxylation is 1. The Hall–Kier alpha value is -4.35. The summed E-state index contributed by atoms with van der Waals surface area (Å²) in [4.78, 5) is 64.9. The van der Waals surface area contributed by atoms with Gasteiger partial charge in [-0.15, -0.1) is 28.5 Å². The lowest BCUT2D eigenvalue weighted by atomic mass is 10.0. The number of ether oxygens (including phenoxy) is 1. The number of halogens is 1. The van der Waals surface area contributed by atoms with E-state index in [1.54, 1.807) is 37.4 Å². The molecule has 15 nitrogen and oxygen atoms in total. The van der Waals surface area contributed by atoms with Crippen LogP contribution in [0.25, 0.3) is 0 Å². The van der Waals surface area contributed by atoms with Gasteiger partial charge in [-0.3, -0.25) is 24.1 Å². The number of carbonyl (C=O) groups excluding carboxylic acids is 3. The van der Waals surface area contributed by atoms with Crippen LogP contribution in [0.4, 0.5) is 0 Å². The number of nitrogens with one attached hydrogen (secondary N) is 2. The first-order valence-corrected chi connectivity index (χ1v) is 15.4. The van der Waals surface area contributed by atoms with Crippen LogP contribution in [0.5, 0.6) is 5.75 Å². The molecule has 2 aromatic heterocycles. The number of aliphatic carboxylic acids is 1. The zero-order valence-corrected chi connectivity index (χ0v) is 25.2. The fourth-order valence-electron chi connectivity index (χ4n) is 4.43. The number of aromatic nitrogens is 4. The predicted molar refractivity (Wildman–Crippen MR) is 157 cm³/mol. The highest BCUT2D eigenvalue weighted by molar-refractivity contribution is 8.01. The summed E-state index contributed by atoms with van der Waals surface area (Å²) in [6.07, 6.45) is 1.04. The summed E-state index contributed by atoms with van der Waals surface area (Å²) in [5.74, 6) is -2.71. The van der Waals surface area contributed by atoms with Gasteiger partial charge < -0.3 is 24.9 Å². The maximum atomic E-state index is 13.5. The fourth-order valence-corrected chi connectivity index (χ4v) is 6.91. The van der Waals surface area contributed by atoms with Crippen LogP contribution in [0.1, 0.15) is 17.4 Å². The lowest BCUT2D eigenvalue weighted by Gasteiger charge is -2.49. The van der Waals surface area contributed by atoms with Crippen LogP contribution in [0.15, 0.2) is 68.3 Å². The molecular formula is C26H24ClN7O8S2. The van der Waals surface area contributed by atoms with Crippen molar-refractivity contribution in [2.45, 2.75) is 28.5 Å². The van der Waals surface area contributed by atoms with Gasteiger partial charge in [-0.2, -0.15) is 0 Å². The first-order chi connectivity index (χ1) is 21.2. The van der Waals surface area contributed by atoms with Gasteiger partial charge in [0.05, 0.1) is 5.88 Å². The lowest BCUT2D eigenvalue weighted by molar-refractivity contribution is -0.151. The molecule has 5 rings (SSSR count). The number of carboxylic acid groups (broad SMARTS) is 1. The number of thioether (sulfide) groups is 2. The number of amides is 3. The quantitative estimate of drug-likeness (QED) is 0.139. The zero-order chi connectivity index (χ0) is 31.4. The van der Waals surface area contributed by atoms with Crippen molar-refractivity contribution in [1.82, 2.24) is 35.7 Å². The highest BCUT2D eigenvalue weighted by atomic mass is 35.5. The summed E-state index contributed by atoms with van der Waals surface area (Å²) in [5, 5.41) is 26.2. The summed E-state index contributed by atoms with van der Waals surface area (Å²) >= 11 is 8.20. The molecule has 18 heteroatoms. The monoisotopic (exact) mass is 661 g/mol. The van der Waals surface area contributed by atoms with Gasteiger partial charge in [0.2, 0.25) is 22.2 Å². The van der Waals surface area contributed by atoms with Crippen molar-refractivity contribution in [3.63, 3.8) is 0 Å². The van der Waals surface area contributed by atoms with E-state index in [9.17, 15) is 29.1 Å². The topological polar surface area (TPSA) is 199 Å². The summed E-state index contributed by atoms with van der Waals surface area (Å²) in [6, 6.07) is 7.22. The van der Waals surface area contributed by atoms with Crippen molar-refractivity contribution in [2.24, 2.45) is 7.05 Å². The molecule has 3 atom stereocenters. The molecule has 2 aliphatic rings. The summed E-state index contributed by atoms with van der Waals surface area (Å²) in [6.45, 7) is -0.603. The fraction of sp³-hybridized carbons (Fsp3) is 0.308. The number of rotatable bonds is 12. The normalized spacial score (nSPS) is 18.2. The molecule has 0 radical (unpaired) electrons. The molecule has 1 aromatic carbocycles. The molecule has 0 aliphatic carbocycles. The molecule has 44 heavy (non-hydrogen) atoms. The third-order valence-corrected chi connectivity index (χ3v) is 9.25. The molecule has 3 amide bonds. The minimum atomic E-state index is -1.26. The molecule has 3 aromatic rings. The number of hydrogen-bond acceptors (Lipinski definition) is 12. The standard InChI is InChI=1S/C26H24ClN7O8S2/c1-33-26(30-31-32-33)44-12-14-11-43-24-20(23(38)34(24)21(14)25(39)40)29-22(37)19(13-5-3-2-4-6-13)28-18(36)10-42-17-9-41-15(8-27)7-16(17)35/h2-7,9,19-20,24H,8,10-12H2,1H3,(H,28,36)(H,29,37)(H,39,40)/t19?,20?,24-/m0/s1. The van der Waals surface area contributed by atoms with Crippen molar-refractivity contribution in [1.29, 1.82) is 0 Å². The Bertz CT molecular complexity index is 1680. The summed E-state index contributed by atoms with van der Waals surface area (Å²) < 4.78 is 11.9. The average Bonchev–Trinajstić information content (AvgIpc) is 3.44. The highest BCUT2D eigenvalue weighted by Gasteiger charge is 2.54. The lowest BCUT2D eigenvalue weighted by Crippen LogP contribution is -2.71. The second-order valence-corrected chi connectivity index (χ2v) is 11.8. The van der Waals surface area contributed by atoms with Crippen molar-refractivity contribution < 1.29 is 33.4 Å². The Morgan fingerprint density at radius 1 is 1.27 bits per heavy atom. The van der Waals surface area contributed by atoms with Crippen molar-refractivity contribution >= 4 is 58.8 Å². The molecule has 0 bridgehead atoms. The second-order valence-electron chi connectivity index (χ2n) is 9.44. The largest absolute Gasteiger partial charge is 0.477 e. The number of benzene rings is 1. The van der Waals surface area contributed by atoms with Gasteiger partial charge in [0, 0.05) is 24.6 Å². The molecule has 2 unspecified atom stereocenters. The number of nitrogens with zero attached hydrogens (tertiary/aromatic N) is 5. The van der Waals surface area contributed by atoms with Gasteiger partial charge >= 0.3 is 5.97 Å². The van der Waals surface area contributed by atoms with E-state index in [0.29, 0.717) is 22.0 Å². The number of hydrogen-bond donors (Lipinski definition) is 3. The number of fused-ring (bicyclic) bond motifs is 1. The molecule has 4 heterocycles. The van der Waals surface area contributed by atoms with Crippen molar-refractivity contribution in [3.8, 4) is 5.75 Å². The van der Waals surface area contributed by atoms with Crippen LogP contribution in [0.3, 0.4) is 0 Å². The number of β-lactam (4-membered cyclic amide) rings is 1. The van der Waals surface area contributed by atoms with Crippen LogP contribution in [0.2, 0.25) is 0 Å².